The molecule has 0 fully saturated rings. The molecule has 31 heavy (non-hydrogen) atoms. The Morgan fingerprint density at radius 1 is 0.677 bits per heavy atom. The second-order valence-electron chi connectivity index (χ2n) is 7.77. The number of fused-ring (bicyclic) bond motifs is 5. The summed E-state index contributed by atoms with van der Waals surface area (Å²) in [5.74, 6) is 2.53. The molecular formula is C28H20N2O. The number of aryl methyl sites for hydroxylation is 1. The fourth-order valence-electron chi connectivity index (χ4n) is 4.24. The van der Waals surface area contributed by atoms with E-state index in [0.717, 1.165) is 51.1 Å². The first kappa shape index (κ1) is 17.7. The molecule has 0 amide bonds. The van der Waals surface area contributed by atoms with Crippen LogP contribution in [-0.2, 0) is 0 Å². The van der Waals surface area contributed by atoms with E-state index in [0.29, 0.717) is 0 Å². The molecule has 1 aromatic heterocycles. The lowest BCUT2D eigenvalue weighted by Crippen LogP contribution is -2.00. The van der Waals surface area contributed by atoms with Crippen molar-refractivity contribution in [2.45, 2.75) is 6.92 Å². The van der Waals surface area contributed by atoms with E-state index in [4.69, 9.17) is 9.72 Å². The number of imidazole rings is 1. The smallest absolute Gasteiger partial charge is 0.151 e. The predicted molar refractivity (Wildman–Crippen MR) is 125 cm³/mol. The van der Waals surface area contributed by atoms with Crippen LogP contribution in [0.5, 0.6) is 11.5 Å². The number of nitrogens with zero attached hydrogens (tertiary/aromatic N) is 2. The van der Waals surface area contributed by atoms with Crippen LogP contribution in [0.3, 0.4) is 0 Å². The average molecular weight is 400 g/mol. The molecule has 3 heteroatoms. The summed E-state index contributed by atoms with van der Waals surface area (Å²) in [7, 11) is 0. The molecule has 148 valence electrons. The molecule has 0 N–H and O–H groups in total. The first-order chi connectivity index (χ1) is 15.3. The Bertz CT molecular complexity index is 1400. The van der Waals surface area contributed by atoms with E-state index in [2.05, 4.69) is 78.2 Å². The summed E-state index contributed by atoms with van der Waals surface area (Å²) in [5, 5.41) is 0. The molecule has 0 spiro atoms. The Morgan fingerprint density at radius 3 is 2.13 bits per heavy atom. The summed E-state index contributed by atoms with van der Waals surface area (Å²) in [6.07, 6.45) is 0. The van der Waals surface area contributed by atoms with E-state index in [9.17, 15) is 0 Å². The normalized spacial score (nSPS) is 11.6. The van der Waals surface area contributed by atoms with E-state index in [1.807, 2.05) is 36.4 Å². The summed E-state index contributed by atoms with van der Waals surface area (Å²) >= 11 is 0. The van der Waals surface area contributed by atoms with Gasteiger partial charge in [-0.3, -0.25) is 4.57 Å². The maximum atomic E-state index is 6.37. The quantitative estimate of drug-likeness (QED) is 0.305. The zero-order valence-corrected chi connectivity index (χ0v) is 17.1. The van der Waals surface area contributed by atoms with Crippen molar-refractivity contribution in [3.8, 4) is 51.1 Å². The molecule has 0 unspecified atom stereocenters. The fourth-order valence-corrected chi connectivity index (χ4v) is 4.24. The molecule has 1 aliphatic rings. The Kier molecular flexibility index (Phi) is 4.00. The second kappa shape index (κ2) is 6.99. The van der Waals surface area contributed by atoms with E-state index < -0.39 is 0 Å². The minimum atomic E-state index is 0.815. The number of hydrogen-bond donors (Lipinski definition) is 0. The van der Waals surface area contributed by atoms with Crippen molar-refractivity contribution in [1.29, 1.82) is 0 Å². The summed E-state index contributed by atoms with van der Waals surface area (Å²) < 4.78 is 8.63. The lowest BCUT2D eigenvalue weighted by Gasteiger charge is -2.14. The van der Waals surface area contributed by atoms with Crippen molar-refractivity contribution in [1.82, 2.24) is 9.55 Å². The van der Waals surface area contributed by atoms with Crippen LogP contribution in [0.25, 0.3) is 39.6 Å². The maximum absolute atomic E-state index is 6.37. The highest BCUT2D eigenvalue weighted by molar-refractivity contribution is 5.86. The zero-order chi connectivity index (χ0) is 20.8. The van der Waals surface area contributed by atoms with Gasteiger partial charge in [-0.25, -0.2) is 4.98 Å². The van der Waals surface area contributed by atoms with E-state index in [1.165, 1.54) is 5.56 Å². The number of ether oxygens (including phenoxy) is 1. The van der Waals surface area contributed by atoms with E-state index in [-0.39, 0.29) is 0 Å². The molecule has 4 aromatic carbocycles. The molecule has 5 aromatic rings. The first-order valence-electron chi connectivity index (χ1n) is 10.4. The lowest BCUT2D eigenvalue weighted by molar-refractivity contribution is 0.485. The topological polar surface area (TPSA) is 27.1 Å². The van der Waals surface area contributed by atoms with Crippen LogP contribution in [0.2, 0.25) is 0 Å². The SMILES string of the molecule is Cc1ccc2c(c1)-n1c(nc(-c3ccccc3)c1-c1ccccc1)-c1ccccc1O2. The zero-order valence-electron chi connectivity index (χ0n) is 17.1. The largest absolute Gasteiger partial charge is 0.454 e. The standard InChI is InChI=1S/C28H20N2O/c1-19-16-17-25-23(18-19)30-27(21-12-6-3-7-13-21)26(20-10-4-2-5-11-20)29-28(30)22-14-8-9-15-24(22)31-25/h2-18H,1H3. The molecule has 0 radical (unpaired) electrons. The van der Waals surface area contributed by atoms with Crippen molar-refractivity contribution in [2.24, 2.45) is 0 Å². The van der Waals surface area contributed by atoms with Gasteiger partial charge in [-0.2, -0.15) is 0 Å². The maximum Gasteiger partial charge on any atom is 0.151 e. The number of benzene rings is 4. The Hall–Kier alpha value is -4.11. The van der Waals surface area contributed by atoms with Gasteiger partial charge in [-0.05, 0) is 36.8 Å². The van der Waals surface area contributed by atoms with E-state index in [1.54, 1.807) is 0 Å². The number of aromatic nitrogens is 2. The van der Waals surface area contributed by atoms with Gasteiger partial charge in [0.25, 0.3) is 0 Å². The molecule has 0 atom stereocenters. The van der Waals surface area contributed by atoms with Crippen LogP contribution in [0.4, 0.5) is 0 Å². The van der Waals surface area contributed by atoms with Gasteiger partial charge >= 0.3 is 0 Å². The molecule has 1 aliphatic heterocycles. The third kappa shape index (κ3) is 2.86. The summed E-state index contributed by atoms with van der Waals surface area (Å²) in [6, 6.07) is 35.3. The third-order valence-corrected chi connectivity index (χ3v) is 5.68. The van der Waals surface area contributed by atoms with Crippen LogP contribution in [-0.4, -0.2) is 9.55 Å². The summed E-state index contributed by atoms with van der Waals surface area (Å²) in [5.41, 5.74) is 7.39. The Balaban J connectivity index is 1.79. The number of rotatable bonds is 2. The average Bonchev–Trinajstić information content (AvgIpc) is 3.16. The van der Waals surface area contributed by atoms with Gasteiger partial charge in [-0.1, -0.05) is 78.9 Å². The van der Waals surface area contributed by atoms with Crippen LogP contribution < -0.4 is 4.74 Å². The van der Waals surface area contributed by atoms with Crippen LogP contribution in [0.15, 0.2) is 103 Å². The molecule has 0 aliphatic carbocycles. The van der Waals surface area contributed by atoms with Gasteiger partial charge in [0.15, 0.2) is 5.75 Å². The van der Waals surface area contributed by atoms with Gasteiger partial charge in [0, 0.05) is 11.1 Å². The minimum absolute atomic E-state index is 0.815. The molecular weight excluding hydrogens is 380 g/mol. The van der Waals surface area contributed by atoms with Gasteiger partial charge < -0.3 is 4.74 Å². The Labute approximate surface area is 181 Å². The Morgan fingerprint density at radius 2 is 1.35 bits per heavy atom. The molecule has 2 heterocycles. The highest BCUT2D eigenvalue weighted by atomic mass is 16.5. The van der Waals surface area contributed by atoms with Crippen molar-refractivity contribution >= 4 is 0 Å². The summed E-state index contributed by atoms with van der Waals surface area (Å²) in [4.78, 5) is 5.21. The van der Waals surface area contributed by atoms with Gasteiger partial charge in [0.05, 0.1) is 22.6 Å². The number of hydrogen-bond acceptors (Lipinski definition) is 2. The van der Waals surface area contributed by atoms with Gasteiger partial charge in [0.1, 0.15) is 11.6 Å². The van der Waals surface area contributed by atoms with Crippen molar-refractivity contribution < 1.29 is 4.74 Å². The number of para-hydroxylation sites is 1. The molecule has 0 saturated carbocycles. The highest BCUT2D eigenvalue weighted by Gasteiger charge is 2.28. The highest BCUT2D eigenvalue weighted by Crippen LogP contribution is 2.46. The predicted octanol–water partition coefficient (Wildman–Crippen LogP) is 7.29. The second-order valence-corrected chi connectivity index (χ2v) is 7.77. The van der Waals surface area contributed by atoms with Crippen molar-refractivity contribution in [3.05, 3.63) is 109 Å². The lowest BCUT2D eigenvalue weighted by atomic mass is 10.0. The van der Waals surface area contributed by atoms with Crippen LogP contribution in [0.1, 0.15) is 5.56 Å². The van der Waals surface area contributed by atoms with Gasteiger partial charge in [0.2, 0.25) is 0 Å². The van der Waals surface area contributed by atoms with Crippen LogP contribution in [0, 0.1) is 6.92 Å². The molecule has 0 saturated heterocycles. The monoisotopic (exact) mass is 400 g/mol. The molecule has 3 nitrogen and oxygen atoms in total. The van der Waals surface area contributed by atoms with Crippen LogP contribution >= 0.6 is 0 Å². The first-order valence-corrected chi connectivity index (χ1v) is 10.4. The molecule has 0 bridgehead atoms. The molecule has 6 rings (SSSR count). The van der Waals surface area contributed by atoms with Gasteiger partial charge in [-0.15, -0.1) is 0 Å². The fraction of sp³-hybridized carbons (Fsp3) is 0.0357. The van der Waals surface area contributed by atoms with Crippen molar-refractivity contribution in [2.75, 3.05) is 0 Å². The minimum Gasteiger partial charge on any atom is -0.454 e. The van der Waals surface area contributed by atoms with Crippen molar-refractivity contribution in [3.63, 3.8) is 0 Å². The third-order valence-electron chi connectivity index (χ3n) is 5.68. The summed E-state index contributed by atoms with van der Waals surface area (Å²) in [6.45, 7) is 2.11. The van der Waals surface area contributed by atoms with E-state index >= 15 is 0 Å².